The lowest BCUT2D eigenvalue weighted by Crippen LogP contribution is -2.50. The number of aryl methyl sites for hydroxylation is 1. The zero-order valence-corrected chi connectivity index (χ0v) is 10.6. The Morgan fingerprint density at radius 2 is 2.18 bits per heavy atom. The van der Waals surface area contributed by atoms with Crippen LogP contribution in [0.4, 0.5) is 0 Å². The van der Waals surface area contributed by atoms with E-state index in [-0.39, 0.29) is 12.1 Å². The maximum atomic E-state index is 9.59. The SMILES string of the molecule is CC1CCC(CO)(NCc2nnn(C)n2)CC1. The number of nitrogens with zero attached hydrogens (tertiary/aromatic N) is 4. The van der Waals surface area contributed by atoms with Gasteiger partial charge in [-0.1, -0.05) is 6.92 Å². The molecule has 17 heavy (non-hydrogen) atoms. The summed E-state index contributed by atoms with van der Waals surface area (Å²) in [5.41, 5.74) is -0.147. The van der Waals surface area contributed by atoms with Crippen molar-refractivity contribution in [1.29, 1.82) is 0 Å². The molecule has 2 rings (SSSR count). The number of hydrogen-bond acceptors (Lipinski definition) is 5. The summed E-state index contributed by atoms with van der Waals surface area (Å²) in [6.07, 6.45) is 4.37. The van der Waals surface area contributed by atoms with E-state index >= 15 is 0 Å². The lowest BCUT2D eigenvalue weighted by Gasteiger charge is -2.38. The highest BCUT2D eigenvalue weighted by molar-refractivity contribution is 4.93. The van der Waals surface area contributed by atoms with Crippen LogP contribution in [0.25, 0.3) is 0 Å². The molecule has 1 aliphatic carbocycles. The lowest BCUT2D eigenvalue weighted by atomic mass is 9.77. The second kappa shape index (κ2) is 5.10. The van der Waals surface area contributed by atoms with Crippen molar-refractivity contribution in [1.82, 2.24) is 25.5 Å². The Balaban J connectivity index is 1.91. The topological polar surface area (TPSA) is 75.9 Å². The number of tetrazole rings is 1. The van der Waals surface area contributed by atoms with Gasteiger partial charge in [-0.25, -0.2) is 0 Å². The lowest BCUT2D eigenvalue weighted by molar-refractivity contribution is 0.103. The summed E-state index contributed by atoms with van der Waals surface area (Å²) in [5, 5.41) is 24.9. The van der Waals surface area contributed by atoms with E-state index in [0.29, 0.717) is 12.4 Å². The van der Waals surface area contributed by atoms with Crippen molar-refractivity contribution < 1.29 is 5.11 Å². The van der Waals surface area contributed by atoms with Crippen molar-refractivity contribution in [2.75, 3.05) is 6.61 Å². The van der Waals surface area contributed by atoms with Crippen LogP contribution in [-0.4, -0.2) is 37.5 Å². The van der Waals surface area contributed by atoms with E-state index in [0.717, 1.165) is 18.8 Å². The Morgan fingerprint density at radius 1 is 1.47 bits per heavy atom. The van der Waals surface area contributed by atoms with Gasteiger partial charge in [0.2, 0.25) is 0 Å². The summed E-state index contributed by atoms with van der Waals surface area (Å²) in [6.45, 7) is 3.02. The van der Waals surface area contributed by atoms with E-state index in [1.807, 2.05) is 0 Å². The third-order valence-electron chi connectivity index (χ3n) is 3.71. The maximum absolute atomic E-state index is 9.59. The Kier molecular flexibility index (Phi) is 3.73. The molecule has 96 valence electrons. The first-order valence-corrected chi connectivity index (χ1v) is 6.22. The van der Waals surface area contributed by atoms with Crippen LogP contribution in [-0.2, 0) is 13.6 Å². The fourth-order valence-electron chi connectivity index (χ4n) is 2.37. The van der Waals surface area contributed by atoms with E-state index in [4.69, 9.17) is 0 Å². The van der Waals surface area contributed by atoms with Crippen LogP contribution in [0.3, 0.4) is 0 Å². The number of rotatable bonds is 4. The van der Waals surface area contributed by atoms with Crippen molar-refractivity contribution in [3.05, 3.63) is 5.82 Å². The summed E-state index contributed by atoms with van der Waals surface area (Å²) in [7, 11) is 1.75. The molecule has 1 saturated carbocycles. The van der Waals surface area contributed by atoms with Crippen LogP contribution in [0.1, 0.15) is 38.4 Å². The van der Waals surface area contributed by atoms with Gasteiger partial charge in [-0.05, 0) is 36.8 Å². The van der Waals surface area contributed by atoms with Crippen LogP contribution < -0.4 is 5.32 Å². The predicted octanol–water partition coefficient (Wildman–Crippen LogP) is 0.241. The number of aliphatic hydroxyl groups excluding tert-OH is 1. The highest BCUT2D eigenvalue weighted by atomic mass is 16.3. The van der Waals surface area contributed by atoms with Gasteiger partial charge in [-0.3, -0.25) is 0 Å². The largest absolute Gasteiger partial charge is 0.394 e. The Bertz CT molecular complexity index is 356. The molecule has 0 saturated heterocycles. The highest BCUT2D eigenvalue weighted by Crippen LogP contribution is 2.31. The van der Waals surface area contributed by atoms with Crippen LogP contribution in [0.5, 0.6) is 0 Å². The Morgan fingerprint density at radius 3 is 2.71 bits per heavy atom. The molecule has 0 radical (unpaired) electrons. The summed E-state index contributed by atoms with van der Waals surface area (Å²) in [6, 6.07) is 0. The monoisotopic (exact) mass is 239 g/mol. The average Bonchev–Trinajstić information content (AvgIpc) is 2.75. The van der Waals surface area contributed by atoms with Crippen LogP contribution in [0.2, 0.25) is 0 Å². The summed E-state index contributed by atoms with van der Waals surface area (Å²) < 4.78 is 0. The molecule has 0 aliphatic heterocycles. The molecule has 1 aromatic rings. The van der Waals surface area contributed by atoms with Gasteiger partial charge >= 0.3 is 0 Å². The van der Waals surface area contributed by atoms with Gasteiger partial charge in [0.05, 0.1) is 20.2 Å². The molecular formula is C11H21N5O. The third-order valence-corrected chi connectivity index (χ3v) is 3.71. The zero-order chi connectivity index (χ0) is 12.3. The molecule has 1 fully saturated rings. The van der Waals surface area contributed by atoms with Gasteiger partial charge in [0.15, 0.2) is 5.82 Å². The highest BCUT2D eigenvalue weighted by Gasteiger charge is 2.33. The number of aromatic nitrogens is 4. The van der Waals surface area contributed by atoms with Crippen molar-refractivity contribution >= 4 is 0 Å². The van der Waals surface area contributed by atoms with E-state index in [9.17, 15) is 5.11 Å². The quantitative estimate of drug-likeness (QED) is 0.787. The van der Waals surface area contributed by atoms with Crippen molar-refractivity contribution in [2.45, 2.75) is 44.7 Å². The van der Waals surface area contributed by atoms with Crippen molar-refractivity contribution in [2.24, 2.45) is 13.0 Å². The fourth-order valence-corrected chi connectivity index (χ4v) is 2.37. The van der Waals surface area contributed by atoms with Gasteiger partial charge in [-0.15, -0.1) is 10.2 Å². The van der Waals surface area contributed by atoms with E-state index < -0.39 is 0 Å². The molecule has 0 amide bonds. The fraction of sp³-hybridized carbons (Fsp3) is 0.909. The van der Waals surface area contributed by atoms with Gasteiger partial charge < -0.3 is 10.4 Å². The molecule has 1 aromatic heterocycles. The minimum Gasteiger partial charge on any atom is -0.394 e. The minimum atomic E-state index is -0.147. The summed E-state index contributed by atoms with van der Waals surface area (Å²) in [4.78, 5) is 1.45. The minimum absolute atomic E-state index is 0.147. The first-order valence-electron chi connectivity index (χ1n) is 6.22. The molecule has 0 bridgehead atoms. The molecule has 0 spiro atoms. The standard InChI is InChI=1S/C11H21N5O/c1-9-3-5-11(8-17,6-4-9)12-7-10-13-15-16(2)14-10/h9,12,17H,3-8H2,1-2H3. The summed E-state index contributed by atoms with van der Waals surface area (Å²) >= 11 is 0. The predicted molar refractivity (Wildman–Crippen MR) is 63.1 cm³/mol. The van der Waals surface area contributed by atoms with E-state index in [2.05, 4.69) is 27.7 Å². The van der Waals surface area contributed by atoms with E-state index in [1.165, 1.54) is 17.6 Å². The first-order chi connectivity index (χ1) is 8.13. The van der Waals surface area contributed by atoms with Crippen LogP contribution in [0.15, 0.2) is 0 Å². The van der Waals surface area contributed by atoms with Crippen molar-refractivity contribution in [3.63, 3.8) is 0 Å². The van der Waals surface area contributed by atoms with E-state index in [1.54, 1.807) is 7.05 Å². The molecular weight excluding hydrogens is 218 g/mol. The van der Waals surface area contributed by atoms with Crippen LogP contribution in [0, 0.1) is 5.92 Å². The van der Waals surface area contributed by atoms with Crippen LogP contribution >= 0.6 is 0 Å². The normalized spacial score (nSPS) is 29.5. The average molecular weight is 239 g/mol. The zero-order valence-electron chi connectivity index (χ0n) is 10.6. The molecule has 0 aromatic carbocycles. The number of nitrogens with one attached hydrogen (secondary N) is 1. The third kappa shape index (κ3) is 3.01. The molecule has 1 aliphatic rings. The molecule has 1 heterocycles. The molecule has 0 atom stereocenters. The van der Waals surface area contributed by atoms with Gasteiger partial charge in [0, 0.05) is 5.54 Å². The maximum Gasteiger partial charge on any atom is 0.188 e. The number of hydrogen-bond donors (Lipinski definition) is 2. The first kappa shape index (κ1) is 12.4. The molecule has 6 nitrogen and oxygen atoms in total. The second-order valence-corrected chi connectivity index (χ2v) is 5.17. The Hall–Kier alpha value is -1.01. The second-order valence-electron chi connectivity index (χ2n) is 5.17. The Labute approximate surface area is 101 Å². The molecule has 2 N–H and O–H groups in total. The molecule has 6 heteroatoms. The smallest absolute Gasteiger partial charge is 0.188 e. The van der Waals surface area contributed by atoms with Gasteiger partial charge in [0.25, 0.3) is 0 Å². The number of aliphatic hydroxyl groups is 1. The van der Waals surface area contributed by atoms with Gasteiger partial charge in [-0.2, -0.15) is 4.80 Å². The summed E-state index contributed by atoms with van der Waals surface area (Å²) in [5.74, 6) is 1.45. The van der Waals surface area contributed by atoms with Gasteiger partial charge in [0.1, 0.15) is 0 Å². The molecule has 0 unspecified atom stereocenters. The van der Waals surface area contributed by atoms with Crippen molar-refractivity contribution in [3.8, 4) is 0 Å².